The molecule has 2 rings (SSSR count). The molecule has 0 aliphatic carbocycles. The molecule has 0 aliphatic heterocycles. The van der Waals surface area contributed by atoms with Crippen LogP contribution in [-0.4, -0.2) is 33.5 Å². The Morgan fingerprint density at radius 3 is 2.19 bits per heavy atom. The highest BCUT2D eigenvalue weighted by atomic mass is 32.2. The molecule has 0 spiro atoms. The predicted octanol–water partition coefficient (Wildman–Crippen LogP) is 1.53. The molecular formula is C17H18N2O6S. The minimum absolute atomic E-state index is 0.0749. The van der Waals surface area contributed by atoms with Crippen LogP contribution >= 0.6 is 0 Å². The second kappa shape index (κ2) is 8.34. The Balaban J connectivity index is 2.07. The first-order valence-electron chi connectivity index (χ1n) is 7.63. The number of hydrogen-bond acceptors (Lipinski definition) is 6. The maximum absolute atomic E-state index is 12.4. The van der Waals surface area contributed by atoms with Gasteiger partial charge in [-0.2, -0.15) is 0 Å². The first kappa shape index (κ1) is 19.3. The molecule has 2 aromatic rings. The Morgan fingerprint density at radius 2 is 1.65 bits per heavy atom. The minimum atomic E-state index is -3.78. The number of esters is 1. The zero-order valence-corrected chi connectivity index (χ0v) is 14.8. The number of anilines is 1. The number of carbonyl (C=O) groups is 2. The molecule has 0 heterocycles. The molecule has 0 saturated heterocycles. The number of sulfonamides is 1. The number of ether oxygens (including phenoxy) is 2. The first-order valence-corrected chi connectivity index (χ1v) is 9.11. The van der Waals surface area contributed by atoms with Crippen LogP contribution in [0.4, 0.5) is 5.69 Å². The third kappa shape index (κ3) is 5.21. The molecule has 0 unspecified atom stereocenters. The summed E-state index contributed by atoms with van der Waals surface area (Å²) < 4.78 is 37.1. The van der Waals surface area contributed by atoms with Crippen molar-refractivity contribution in [3.05, 3.63) is 54.1 Å². The molecule has 3 N–H and O–H groups in total. The molecule has 0 aliphatic rings. The molecular weight excluding hydrogens is 360 g/mol. The number of hydrogen-bond donors (Lipinski definition) is 2. The smallest absolute Gasteiger partial charge is 0.338 e. The zero-order valence-electron chi connectivity index (χ0n) is 14.0. The lowest BCUT2D eigenvalue weighted by Crippen LogP contribution is -2.20. The average molecular weight is 378 g/mol. The van der Waals surface area contributed by atoms with E-state index in [1.807, 2.05) is 6.92 Å². The van der Waals surface area contributed by atoms with Crippen LogP contribution < -0.4 is 15.2 Å². The third-order valence-corrected chi connectivity index (χ3v) is 4.56. The second-order valence-electron chi connectivity index (χ2n) is 5.13. The van der Waals surface area contributed by atoms with Gasteiger partial charge in [-0.15, -0.1) is 0 Å². The highest BCUT2D eigenvalue weighted by molar-refractivity contribution is 7.92. The number of benzene rings is 2. The standard InChI is InChI=1S/C17H18N2O6S/c1-2-24-14-7-9-15(10-8-14)26(22,23)19-13-5-3-12(4-6-13)17(21)25-11-16(18)20/h3-10,19H,2,11H2,1H3,(H2,18,20). The van der Waals surface area contributed by atoms with Crippen molar-refractivity contribution < 1.29 is 27.5 Å². The van der Waals surface area contributed by atoms with Crippen LogP contribution in [0.2, 0.25) is 0 Å². The summed E-state index contributed by atoms with van der Waals surface area (Å²) in [5.74, 6) is -0.923. The summed E-state index contributed by atoms with van der Waals surface area (Å²) in [5.41, 5.74) is 5.32. The normalized spacial score (nSPS) is 10.8. The Hall–Kier alpha value is -3.07. The molecule has 0 radical (unpaired) electrons. The van der Waals surface area contributed by atoms with E-state index in [1.54, 1.807) is 12.1 Å². The lowest BCUT2D eigenvalue weighted by Gasteiger charge is -2.10. The molecule has 138 valence electrons. The number of nitrogens with two attached hydrogens (primary N) is 1. The lowest BCUT2D eigenvalue weighted by atomic mass is 10.2. The van der Waals surface area contributed by atoms with E-state index >= 15 is 0 Å². The van der Waals surface area contributed by atoms with Crippen molar-refractivity contribution in [1.29, 1.82) is 0 Å². The van der Waals surface area contributed by atoms with Crippen molar-refractivity contribution in [2.75, 3.05) is 17.9 Å². The van der Waals surface area contributed by atoms with Gasteiger partial charge in [-0.25, -0.2) is 13.2 Å². The van der Waals surface area contributed by atoms with E-state index in [-0.39, 0.29) is 16.1 Å². The Labute approximate surface area is 151 Å². The van der Waals surface area contributed by atoms with E-state index in [9.17, 15) is 18.0 Å². The largest absolute Gasteiger partial charge is 0.494 e. The van der Waals surface area contributed by atoms with Crippen molar-refractivity contribution in [3.8, 4) is 5.75 Å². The Morgan fingerprint density at radius 1 is 1.04 bits per heavy atom. The SMILES string of the molecule is CCOc1ccc(S(=O)(=O)Nc2ccc(C(=O)OCC(N)=O)cc2)cc1. The average Bonchev–Trinajstić information content (AvgIpc) is 2.61. The van der Waals surface area contributed by atoms with Crippen LogP contribution in [0, 0.1) is 0 Å². The summed E-state index contributed by atoms with van der Waals surface area (Å²) in [5, 5.41) is 0. The van der Waals surface area contributed by atoms with E-state index in [2.05, 4.69) is 9.46 Å². The van der Waals surface area contributed by atoms with Gasteiger partial charge in [0, 0.05) is 5.69 Å². The van der Waals surface area contributed by atoms with Crippen LogP contribution in [0.25, 0.3) is 0 Å². The molecule has 0 bridgehead atoms. The summed E-state index contributed by atoms with van der Waals surface area (Å²) in [4.78, 5) is 22.3. The molecule has 2 aromatic carbocycles. The molecule has 1 amide bonds. The first-order chi connectivity index (χ1) is 12.3. The van der Waals surface area contributed by atoms with Crippen molar-refractivity contribution in [2.45, 2.75) is 11.8 Å². The van der Waals surface area contributed by atoms with E-state index in [1.165, 1.54) is 36.4 Å². The van der Waals surface area contributed by atoms with Crippen molar-refractivity contribution >= 4 is 27.6 Å². The molecule has 0 atom stereocenters. The Bertz CT molecular complexity index is 876. The van der Waals surface area contributed by atoms with Crippen LogP contribution in [0.5, 0.6) is 5.75 Å². The van der Waals surface area contributed by atoms with Gasteiger partial charge in [-0.1, -0.05) is 0 Å². The monoisotopic (exact) mass is 378 g/mol. The van der Waals surface area contributed by atoms with Gasteiger partial charge in [0.25, 0.3) is 15.9 Å². The number of carbonyl (C=O) groups excluding carboxylic acids is 2. The molecule has 0 aromatic heterocycles. The fourth-order valence-electron chi connectivity index (χ4n) is 1.99. The van der Waals surface area contributed by atoms with Gasteiger partial charge in [-0.3, -0.25) is 9.52 Å². The predicted molar refractivity (Wildman–Crippen MR) is 94.3 cm³/mol. The third-order valence-electron chi connectivity index (χ3n) is 3.16. The lowest BCUT2D eigenvalue weighted by molar-refractivity contribution is -0.121. The van der Waals surface area contributed by atoms with E-state index < -0.39 is 28.5 Å². The summed E-state index contributed by atoms with van der Waals surface area (Å²) in [6.45, 7) is 1.79. The van der Waals surface area contributed by atoms with Gasteiger partial charge in [0.15, 0.2) is 6.61 Å². The van der Waals surface area contributed by atoms with Gasteiger partial charge in [-0.05, 0) is 55.5 Å². The van der Waals surface area contributed by atoms with Gasteiger partial charge in [0.2, 0.25) is 0 Å². The quantitative estimate of drug-likeness (QED) is 0.671. The maximum Gasteiger partial charge on any atom is 0.338 e. The van der Waals surface area contributed by atoms with Crippen LogP contribution in [0.15, 0.2) is 53.4 Å². The van der Waals surface area contributed by atoms with Gasteiger partial charge >= 0.3 is 5.97 Å². The van der Waals surface area contributed by atoms with Crippen LogP contribution in [0.3, 0.4) is 0 Å². The second-order valence-corrected chi connectivity index (χ2v) is 6.81. The fraction of sp³-hybridized carbons (Fsp3) is 0.176. The molecule has 26 heavy (non-hydrogen) atoms. The van der Waals surface area contributed by atoms with Crippen LogP contribution in [-0.2, 0) is 19.6 Å². The van der Waals surface area contributed by atoms with Gasteiger partial charge < -0.3 is 15.2 Å². The van der Waals surface area contributed by atoms with Crippen molar-refractivity contribution in [3.63, 3.8) is 0 Å². The van der Waals surface area contributed by atoms with E-state index in [0.717, 1.165) is 0 Å². The minimum Gasteiger partial charge on any atom is -0.494 e. The summed E-state index contributed by atoms with van der Waals surface area (Å²) in [7, 11) is -3.78. The van der Waals surface area contributed by atoms with Gasteiger partial charge in [0.05, 0.1) is 17.1 Å². The summed E-state index contributed by atoms with van der Waals surface area (Å²) >= 11 is 0. The van der Waals surface area contributed by atoms with Crippen molar-refractivity contribution in [1.82, 2.24) is 0 Å². The number of amides is 1. The highest BCUT2D eigenvalue weighted by Gasteiger charge is 2.15. The molecule has 0 fully saturated rings. The number of nitrogens with one attached hydrogen (secondary N) is 1. The Kier molecular flexibility index (Phi) is 6.18. The van der Waals surface area contributed by atoms with E-state index in [0.29, 0.717) is 12.4 Å². The number of rotatable bonds is 8. The van der Waals surface area contributed by atoms with Gasteiger partial charge in [0.1, 0.15) is 5.75 Å². The zero-order chi connectivity index (χ0) is 19.2. The molecule has 9 heteroatoms. The number of primary amides is 1. The molecule has 0 saturated carbocycles. The van der Waals surface area contributed by atoms with Crippen molar-refractivity contribution in [2.24, 2.45) is 5.73 Å². The summed E-state index contributed by atoms with van der Waals surface area (Å²) in [6, 6.07) is 11.6. The fourth-order valence-corrected chi connectivity index (χ4v) is 3.05. The maximum atomic E-state index is 12.4. The summed E-state index contributed by atoms with van der Waals surface area (Å²) in [6.07, 6.45) is 0. The van der Waals surface area contributed by atoms with Crippen LogP contribution in [0.1, 0.15) is 17.3 Å². The topological polar surface area (TPSA) is 125 Å². The molecule has 8 nitrogen and oxygen atoms in total. The van der Waals surface area contributed by atoms with E-state index in [4.69, 9.17) is 10.5 Å². The highest BCUT2D eigenvalue weighted by Crippen LogP contribution is 2.20.